The van der Waals surface area contributed by atoms with E-state index in [0.29, 0.717) is 11.4 Å². The molecule has 4 rings (SSSR count). The zero-order valence-electron chi connectivity index (χ0n) is 19.4. The average molecular weight is 456 g/mol. The lowest BCUT2D eigenvalue weighted by Gasteiger charge is -2.17. The Kier molecular flexibility index (Phi) is 6.03. The number of nitrogens with zero attached hydrogens (tertiary/aromatic N) is 1. The molecule has 34 heavy (non-hydrogen) atoms. The van der Waals surface area contributed by atoms with Gasteiger partial charge in [-0.05, 0) is 80.3 Å². The van der Waals surface area contributed by atoms with E-state index < -0.39 is 30.3 Å². The second-order valence-corrected chi connectivity index (χ2v) is 8.37. The molecule has 3 aromatic carbocycles. The molecule has 0 atom stereocenters. The molecule has 0 bridgehead atoms. The van der Waals surface area contributed by atoms with Gasteiger partial charge in [0.05, 0.1) is 22.4 Å². The van der Waals surface area contributed by atoms with E-state index in [9.17, 15) is 19.2 Å². The summed E-state index contributed by atoms with van der Waals surface area (Å²) in [5, 5.41) is 2.72. The summed E-state index contributed by atoms with van der Waals surface area (Å²) in [5.41, 5.74) is 5.25. The third-order valence-corrected chi connectivity index (χ3v) is 5.94. The number of hydrogen-bond acceptors (Lipinski definition) is 5. The lowest BCUT2D eigenvalue weighted by molar-refractivity contribution is -0.119. The first-order valence-electron chi connectivity index (χ1n) is 10.8. The molecule has 0 radical (unpaired) electrons. The second kappa shape index (κ2) is 8.94. The summed E-state index contributed by atoms with van der Waals surface area (Å²) in [6, 6.07) is 15.3. The first-order valence-corrected chi connectivity index (χ1v) is 10.8. The van der Waals surface area contributed by atoms with Crippen LogP contribution in [0, 0.1) is 27.7 Å². The Morgan fingerprint density at radius 3 is 2.35 bits per heavy atom. The molecular weight excluding hydrogens is 432 g/mol. The van der Waals surface area contributed by atoms with Gasteiger partial charge >= 0.3 is 5.97 Å². The maximum Gasteiger partial charge on any atom is 0.338 e. The molecule has 1 aliphatic rings. The molecule has 0 saturated carbocycles. The normalized spacial score (nSPS) is 12.5. The summed E-state index contributed by atoms with van der Waals surface area (Å²) in [6.45, 7) is 7.05. The van der Waals surface area contributed by atoms with E-state index in [1.54, 1.807) is 12.1 Å². The van der Waals surface area contributed by atoms with Crippen LogP contribution in [-0.4, -0.2) is 30.3 Å². The van der Waals surface area contributed by atoms with Gasteiger partial charge in [0.2, 0.25) is 0 Å². The summed E-state index contributed by atoms with van der Waals surface area (Å²) in [7, 11) is 0. The van der Waals surface area contributed by atoms with Gasteiger partial charge in [-0.2, -0.15) is 0 Å². The van der Waals surface area contributed by atoms with E-state index >= 15 is 0 Å². The Labute approximate surface area is 197 Å². The number of benzene rings is 3. The fourth-order valence-electron chi connectivity index (χ4n) is 3.83. The van der Waals surface area contributed by atoms with Gasteiger partial charge in [0.1, 0.15) is 0 Å². The predicted octanol–water partition coefficient (Wildman–Crippen LogP) is 4.52. The first kappa shape index (κ1) is 22.9. The molecule has 3 aromatic rings. The minimum Gasteiger partial charge on any atom is -0.452 e. The summed E-state index contributed by atoms with van der Waals surface area (Å²) in [4.78, 5) is 51.9. The van der Waals surface area contributed by atoms with Crippen LogP contribution in [0.1, 0.15) is 53.3 Å². The standard InChI is InChI=1S/C27H24N2O5/c1-15-8-9-17(3)23(12-15)29-25(31)20-11-10-19(13-21(20)26(29)32)27(33)34-14-24(30)28-22-7-5-6-16(2)18(22)4/h5-13H,14H2,1-4H3,(H,28,30). The van der Waals surface area contributed by atoms with Crippen LogP contribution in [0.25, 0.3) is 0 Å². The minimum atomic E-state index is -0.760. The van der Waals surface area contributed by atoms with Crippen molar-refractivity contribution < 1.29 is 23.9 Å². The highest BCUT2D eigenvalue weighted by molar-refractivity contribution is 6.35. The molecule has 0 aliphatic carbocycles. The largest absolute Gasteiger partial charge is 0.452 e. The number of imide groups is 1. The highest BCUT2D eigenvalue weighted by Gasteiger charge is 2.38. The number of hydrogen-bond donors (Lipinski definition) is 1. The van der Waals surface area contributed by atoms with Crippen LogP contribution in [0.3, 0.4) is 0 Å². The number of aryl methyl sites for hydroxylation is 3. The molecule has 7 nitrogen and oxygen atoms in total. The van der Waals surface area contributed by atoms with E-state index in [2.05, 4.69) is 5.32 Å². The Hall–Kier alpha value is -4.26. The van der Waals surface area contributed by atoms with Crippen LogP contribution in [0.15, 0.2) is 54.6 Å². The summed E-state index contributed by atoms with van der Waals surface area (Å²) < 4.78 is 5.14. The zero-order valence-corrected chi connectivity index (χ0v) is 19.4. The minimum absolute atomic E-state index is 0.0854. The fourth-order valence-corrected chi connectivity index (χ4v) is 3.83. The van der Waals surface area contributed by atoms with Gasteiger partial charge in [-0.15, -0.1) is 0 Å². The molecule has 1 aliphatic heterocycles. The van der Waals surface area contributed by atoms with Gasteiger partial charge in [0, 0.05) is 5.69 Å². The highest BCUT2D eigenvalue weighted by Crippen LogP contribution is 2.32. The lowest BCUT2D eigenvalue weighted by Crippen LogP contribution is -2.30. The van der Waals surface area contributed by atoms with Gasteiger partial charge in [-0.3, -0.25) is 14.4 Å². The van der Waals surface area contributed by atoms with Gasteiger partial charge in [0.25, 0.3) is 17.7 Å². The average Bonchev–Trinajstić information content (AvgIpc) is 3.06. The molecule has 0 saturated heterocycles. The number of rotatable bonds is 5. The molecular formula is C27H24N2O5. The van der Waals surface area contributed by atoms with Crippen molar-refractivity contribution in [2.75, 3.05) is 16.8 Å². The number of amides is 3. The van der Waals surface area contributed by atoms with E-state index in [1.807, 2.05) is 52.0 Å². The van der Waals surface area contributed by atoms with Crippen molar-refractivity contribution in [3.05, 3.63) is 93.5 Å². The molecule has 7 heteroatoms. The van der Waals surface area contributed by atoms with Crippen LogP contribution >= 0.6 is 0 Å². The van der Waals surface area contributed by atoms with Crippen molar-refractivity contribution in [1.82, 2.24) is 0 Å². The Bertz CT molecular complexity index is 1360. The lowest BCUT2D eigenvalue weighted by atomic mass is 10.1. The fraction of sp³-hybridized carbons (Fsp3) is 0.185. The molecule has 0 fully saturated rings. The van der Waals surface area contributed by atoms with Crippen molar-refractivity contribution >= 4 is 35.1 Å². The topological polar surface area (TPSA) is 92.8 Å². The van der Waals surface area contributed by atoms with Gasteiger partial charge in [-0.25, -0.2) is 9.69 Å². The summed E-state index contributed by atoms with van der Waals surface area (Å²) in [6.07, 6.45) is 0. The number of carbonyl (C=O) groups is 4. The maximum atomic E-state index is 13.1. The Morgan fingerprint density at radius 1 is 0.853 bits per heavy atom. The highest BCUT2D eigenvalue weighted by atomic mass is 16.5. The molecule has 0 aromatic heterocycles. The molecule has 0 unspecified atom stereocenters. The van der Waals surface area contributed by atoms with E-state index in [1.165, 1.54) is 18.2 Å². The Morgan fingerprint density at radius 2 is 1.59 bits per heavy atom. The van der Waals surface area contributed by atoms with Crippen LogP contribution in [0.2, 0.25) is 0 Å². The van der Waals surface area contributed by atoms with E-state index in [0.717, 1.165) is 27.2 Å². The third-order valence-electron chi connectivity index (χ3n) is 5.94. The molecule has 1 N–H and O–H groups in total. The second-order valence-electron chi connectivity index (χ2n) is 8.37. The van der Waals surface area contributed by atoms with E-state index in [4.69, 9.17) is 4.74 Å². The first-order chi connectivity index (χ1) is 16.2. The number of anilines is 2. The van der Waals surface area contributed by atoms with Crippen molar-refractivity contribution in [2.45, 2.75) is 27.7 Å². The van der Waals surface area contributed by atoms with E-state index in [-0.39, 0.29) is 16.7 Å². The maximum absolute atomic E-state index is 13.1. The third kappa shape index (κ3) is 4.20. The van der Waals surface area contributed by atoms with Crippen molar-refractivity contribution in [1.29, 1.82) is 0 Å². The smallest absolute Gasteiger partial charge is 0.338 e. The SMILES string of the molecule is Cc1ccc(C)c(N2C(=O)c3ccc(C(=O)OCC(=O)Nc4cccc(C)c4C)cc3C2=O)c1. The molecule has 3 amide bonds. The number of fused-ring (bicyclic) bond motifs is 1. The molecule has 172 valence electrons. The van der Waals surface area contributed by atoms with Crippen LogP contribution in [0.5, 0.6) is 0 Å². The molecule has 1 heterocycles. The number of ether oxygens (including phenoxy) is 1. The zero-order chi connectivity index (χ0) is 24.6. The van der Waals surface area contributed by atoms with Crippen LogP contribution in [-0.2, 0) is 9.53 Å². The number of carbonyl (C=O) groups excluding carboxylic acids is 4. The van der Waals surface area contributed by atoms with Crippen molar-refractivity contribution in [2.24, 2.45) is 0 Å². The van der Waals surface area contributed by atoms with Gasteiger partial charge in [0.15, 0.2) is 6.61 Å². The summed E-state index contributed by atoms with van der Waals surface area (Å²) in [5.74, 6) is -2.18. The van der Waals surface area contributed by atoms with Crippen molar-refractivity contribution in [3.63, 3.8) is 0 Å². The Balaban J connectivity index is 1.48. The predicted molar refractivity (Wildman–Crippen MR) is 128 cm³/mol. The number of nitrogens with one attached hydrogen (secondary N) is 1. The summed E-state index contributed by atoms with van der Waals surface area (Å²) >= 11 is 0. The van der Waals surface area contributed by atoms with Gasteiger partial charge in [-0.1, -0.05) is 24.3 Å². The number of esters is 1. The molecule has 0 spiro atoms. The monoisotopic (exact) mass is 456 g/mol. The van der Waals surface area contributed by atoms with Crippen LogP contribution < -0.4 is 10.2 Å². The van der Waals surface area contributed by atoms with Crippen molar-refractivity contribution in [3.8, 4) is 0 Å². The van der Waals surface area contributed by atoms with Gasteiger partial charge < -0.3 is 10.1 Å². The quantitative estimate of drug-likeness (QED) is 0.450. The van der Waals surface area contributed by atoms with Crippen LogP contribution in [0.4, 0.5) is 11.4 Å².